The van der Waals surface area contributed by atoms with Crippen molar-refractivity contribution >= 4 is 16.7 Å². The second-order valence-electron chi connectivity index (χ2n) is 4.00. The lowest BCUT2D eigenvalue weighted by molar-refractivity contribution is 0.666. The van der Waals surface area contributed by atoms with Crippen molar-refractivity contribution in [3.63, 3.8) is 0 Å². The van der Waals surface area contributed by atoms with Gasteiger partial charge in [0.2, 0.25) is 5.95 Å². The van der Waals surface area contributed by atoms with Crippen LogP contribution in [-0.4, -0.2) is 32.3 Å². The third kappa shape index (κ3) is 4.46. The van der Waals surface area contributed by atoms with E-state index in [-0.39, 0.29) is 0 Å². The lowest BCUT2D eigenvalue weighted by Gasteiger charge is -2.10. The van der Waals surface area contributed by atoms with Crippen molar-refractivity contribution in [2.45, 2.75) is 20.4 Å². The molecule has 0 spiro atoms. The Labute approximate surface area is 93.5 Å². The summed E-state index contributed by atoms with van der Waals surface area (Å²) in [6.07, 6.45) is 5.40. The first-order chi connectivity index (χ1) is 7.09. The Balaban J connectivity index is 2.49. The van der Waals surface area contributed by atoms with Gasteiger partial charge in [-0.3, -0.25) is 4.21 Å². The number of hydrogen-bond donors (Lipinski definition) is 1. The lowest BCUT2D eigenvalue weighted by Crippen LogP contribution is -2.14. The molecule has 1 rings (SSSR count). The summed E-state index contributed by atoms with van der Waals surface area (Å²) in [5, 5.41) is 3.27. The molecule has 0 aliphatic rings. The highest BCUT2D eigenvalue weighted by atomic mass is 32.2. The number of aryl methyl sites for hydroxylation is 1. The number of imidazole rings is 1. The second kappa shape index (κ2) is 5.90. The van der Waals surface area contributed by atoms with E-state index in [4.69, 9.17) is 0 Å². The van der Waals surface area contributed by atoms with Crippen molar-refractivity contribution < 1.29 is 4.21 Å². The van der Waals surface area contributed by atoms with E-state index < -0.39 is 10.8 Å². The average Bonchev–Trinajstić information content (AvgIpc) is 2.58. The average molecular weight is 229 g/mol. The number of anilines is 1. The second-order valence-corrected chi connectivity index (χ2v) is 5.55. The molecule has 4 nitrogen and oxygen atoms in total. The molecule has 0 aliphatic carbocycles. The van der Waals surface area contributed by atoms with Gasteiger partial charge >= 0.3 is 0 Å². The summed E-state index contributed by atoms with van der Waals surface area (Å²) in [5.74, 6) is 2.14. The fraction of sp³-hybridized carbons (Fsp3) is 0.700. The van der Waals surface area contributed by atoms with Gasteiger partial charge in [0.15, 0.2) is 0 Å². The van der Waals surface area contributed by atoms with E-state index in [1.807, 2.05) is 10.8 Å². The van der Waals surface area contributed by atoms with E-state index >= 15 is 0 Å². The number of nitrogens with one attached hydrogen (secondary N) is 1. The molecule has 1 heterocycles. The summed E-state index contributed by atoms with van der Waals surface area (Å²) >= 11 is 0. The molecule has 0 aliphatic heterocycles. The Bertz CT molecular complexity index is 322. The van der Waals surface area contributed by atoms with Crippen molar-refractivity contribution in [2.75, 3.05) is 23.9 Å². The van der Waals surface area contributed by atoms with E-state index in [1.54, 1.807) is 12.5 Å². The van der Waals surface area contributed by atoms with Crippen LogP contribution in [0.5, 0.6) is 0 Å². The maximum Gasteiger partial charge on any atom is 0.202 e. The Morgan fingerprint density at radius 3 is 2.93 bits per heavy atom. The van der Waals surface area contributed by atoms with Gasteiger partial charge in [-0.25, -0.2) is 4.98 Å². The van der Waals surface area contributed by atoms with E-state index in [9.17, 15) is 4.21 Å². The van der Waals surface area contributed by atoms with Gasteiger partial charge in [0, 0.05) is 48.3 Å². The highest BCUT2D eigenvalue weighted by molar-refractivity contribution is 7.84. The summed E-state index contributed by atoms with van der Waals surface area (Å²) in [6.45, 7) is 5.97. The van der Waals surface area contributed by atoms with Gasteiger partial charge in [-0.2, -0.15) is 0 Å². The normalized spacial score (nSPS) is 13.1. The van der Waals surface area contributed by atoms with Crippen LogP contribution >= 0.6 is 0 Å². The third-order valence-corrected chi connectivity index (χ3v) is 2.76. The highest BCUT2D eigenvalue weighted by Gasteiger charge is 2.03. The molecule has 0 bridgehead atoms. The van der Waals surface area contributed by atoms with Crippen LogP contribution in [0.15, 0.2) is 12.4 Å². The van der Waals surface area contributed by atoms with Crippen molar-refractivity contribution in [3.05, 3.63) is 12.4 Å². The van der Waals surface area contributed by atoms with E-state index in [0.717, 1.165) is 19.0 Å². The molecule has 86 valence electrons. The van der Waals surface area contributed by atoms with Crippen LogP contribution in [-0.2, 0) is 17.3 Å². The van der Waals surface area contributed by atoms with E-state index in [2.05, 4.69) is 24.1 Å². The zero-order valence-corrected chi connectivity index (χ0v) is 10.4. The van der Waals surface area contributed by atoms with Gasteiger partial charge in [-0.15, -0.1) is 0 Å². The molecule has 0 saturated heterocycles. The Morgan fingerprint density at radius 2 is 2.33 bits per heavy atom. The third-order valence-electron chi connectivity index (χ3n) is 2.00. The maximum absolute atomic E-state index is 11.0. The standard InChI is InChI=1S/C10H19N3OS/c1-9(2)8-12-10-11-4-5-13(10)6-7-15(3)14/h4-5,9H,6-8H2,1-3H3,(H,11,12). The van der Waals surface area contributed by atoms with Gasteiger partial charge in [0.25, 0.3) is 0 Å². The maximum atomic E-state index is 11.0. The molecule has 0 fully saturated rings. The summed E-state index contributed by atoms with van der Waals surface area (Å²) in [5.41, 5.74) is 0. The van der Waals surface area contributed by atoms with Crippen LogP contribution in [0.2, 0.25) is 0 Å². The first kappa shape index (κ1) is 12.2. The minimum Gasteiger partial charge on any atom is -0.355 e. The number of aromatic nitrogens is 2. The lowest BCUT2D eigenvalue weighted by atomic mass is 10.2. The van der Waals surface area contributed by atoms with Crippen LogP contribution in [0.1, 0.15) is 13.8 Å². The van der Waals surface area contributed by atoms with E-state index in [1.165, 1.54) is 0 Å². The van der Waals surface area contributed by atoms with Gasteiger partial charge in [-0.05, 0) is 5.92 Å². The molecule has 5 heteroatoms. The van der Waals surface area contributed by atoms with Gasteiger partial charge in [0.1, 0.15) is 0 Å². The number of nitrogens with zero attached hydrogens (tertiary/aromatic N) is 2. The molecule has 0 saturated carbocycles. The molecule has 1 unspecified atom stereocenters. The fourth-order valence-electron chi connectivity index (χ4n) is 1.18. The largest absolute Gasteiger partial charge is 0.355 e. The van der Waals surface area contributed by atoms with Crippen LogP contribution in [0, 0.1) is 5.92 Å². The summed E-state index contributed by atoms with van der Waals surface area (Å²) in [4.78, 5) is 4.22. The molecule has 1 atom stereocenters. The minimum absolute atomic E-state index is 0.593. The molecular formula is C10H19N3OS. The molecule has 1 N–H and O–H groups in total. The first-order valence-electron chi connectivity index (χ1n) is 5.14. The van der Waals surface area contributed by atoms with Crippen molar-refractivity contribution in [1.29, 1.82) is 0 Å². The monoisotopic (exact) mass is 229 g/mol. The van der Waals surface area contributed by atoms with Gasteiger partial charge < -0.3 is 9.88 Å². The summed E-state index contributed by atoms with van der Waals surface area (Å²) < 4.78 is 13.0. The predicted molar refractivity (Wildman–Crippen MR) is 64.5 cm³/mol. The van der Waals surface area contributed by atoms with E-state index in [0.29, 0.717) is 11.7 Å². The molecule has 1 aromatic heterocycles. The van der Waals surface area contributed by atoms with Crippen molar-refractivity contribution in [3.8, 4) is 0 Å². The van der Waals surface area contributed by atoms with Crippen LogP contribution in [0.25, 0.3) is 0 Å². The van der Waals surface area contributed by atoms with Crippen molar-refractivity contribution in [2.24, 2.45) is 5.92 Å². The number of hydrogen-bond acceptors (Lipinski definition) is 3. The minimum atomic E-state index is -0.748. The molecule has 0 radical (unpaired) electrons. The SMILES string of the molecule is CC(C)CNc1nccn1CCS(C)=O. The highest BCUT2D eigenvalue weighted by Crippen LogP contribution is 2.05. The summed E-state index contributed by atoms with van der Waals surface area (Å²) in [6, 6.07) is 0. The zero-order chi connectivity index (χ0) is 11.3. The van der Waals surface area contributed by atoms with Crippen LogP contribution in [0.4, 0.5) is 5.95 Å². The smallest absolute Gasteiger partial charge is 0.202 e. The van der Waals surface area contributed by atoms with Crippen molar-refractivity contribution in [1.82, 2.24) is 9.55 Å². The summed E-state index contributed by atoms with van der Waals surface area (Å²) in [7, 11) is -0.748. The van der Waals surface area contributed by atoms with Crippen LogP contribution < -0.4 is 5.32 Å². The first-order valence-corrected chi connectivity index (χ1v) is 6.87. The Hall–Kier alpha value is -0.840. The molecule has 0 aromatic carbocycles. The Morgan fingerprint density at radius 1 is 1.60 bits per heavy atom. The molecular weight excluding hydrogens is 210 g/mol. The quantitative estimate of drug-likeness (QED) is 0.800. The fourth-order valence-corrected chi connectivity index (χ4v) is 1.63. The Kier molecular flexibility index (Phi) is 4.81. The zero-order valence-electron chi connectivity index (χ0n) is 9.56. The topological polar surface area (TPSA) is 46.9 Å². The predicted octanol–water partition coefficient (Wildman–Crippen LogP) is 1.33. The van der Waals surface area contributed by atoms with Crippen LogP contribution in [0.3, 0.4) is 0 Å². The van der Waals surface area contributed by atoms with Gasteiger partial charge in [0.05, 0.1) is 0 Å². The molecule has 0 amide bonds. The molecule has 15 heavy (non-hydrogen) atoms. The number of rotatable bonds is 6. The molecule has 1 aromatic rings. The van der Waals surface area contributed by atoms with Gasteiger partial charge in [-0.1, -0.05) is 13.8 Å².